The van der Waals surface area contributed by atoms with Gasteiger partial charge in [0.25, 0.3) is 5.91 Å². The number of carbonyl (C=O) groups is 1. The van der Waals surface area contributed by atoms with E-state index in [1.165, 1.54) is 7.11 Å². The van der Waals surface area contributed by atoms with Crippen LogP contribution in [0.2, 0.25) is 5.02 Å². The van der Waals surface area contributed by atoms with Crippen molar-refractivity contribution in [1.82, 2.24) is 0 Å². The number of para-hydroxylation sites is 1. The molecule has 2 aromatic rings. The maximum absolute atomic E-state index is 12.2. The number of likely N-dealkylation sites (N-methyl/N-ethyl adjacent to an activating group) is 1. The van der Waals surface area contributed by atoms with E-state index < -0.39 is 10.1 Å². The zero-order valence-corrected chi connectivity index (χ0v) is 16.6. The average molecular weight is 414 g/mol. The molecule has 1 unspecified atom stereocenters. The van der Waals surface area contributed by atoms with Crippen LogP contribution in [0.4, 0.5) is 5.69 Å². The highest BCUT2D eigenvalue weighted by atomic mass is 35.5. The summed E-state index contributed by atoms with van der Waals surface area (Å²) in [5.41, 5.74) is 0.461. The van der Waals surface area contributed by atoms with Crippen molar-refractivity contribution >= 4 is 33.3 Å². The van der Waals surface area contributed by atoms with Crippen molar-refractivity contribution in [3.63, 3.8) is 0 Å². The number of nitrogens with one attached hydrogen (secondary N) is 2. The molecule has 2 aromatic carbocycles. The van der Waals surface area contributed by atoms with Crippen LogP contribution in [0, 0.1) is 0 Å². The number of halogens is 1. The van der Waals surface area contributed by atoms with Gasteiger partial charge in [-0.25, -0.2) is 0 Å². The molecule has 0 fully saturated rings. The van der Waals surface area contributed by atoms with Crippen LogP contribution in [0.25, 0.3) is 0 Å². The largest absolute Gasteiger partial charge is 0.495 e. The molecule has 0 aliphatic carbocycles. The van der Waals surface area contributed by atoms with E-state index in [-0.39, 0.29) is 30.5 Å². The molecule has 0 spiro atoms. The van der Waals surface area contributed by atoms with Crippen LogP contribution in [0.1, 0.15) is 0 Å². The van der Waals surface area contributed by atoms with Gasteiger partial charge >= 0.3 is 10.1 Å². The van der Waals surface area contributed by atoms with Crippen molar-refractivity contribution in [3.05, 3.63) is 53.6 Å². The van der Waals surface area contributed by atoms with Gasteiger partial charge in [-0.15, -0.1) is 0 Å². The lowest BCUT2D eigenvalue weighted by Crippen LogP contribution is -3.10. The van der Waals surface area contributed by atoms with Crippen LogP contribution in [0.3, 0.4) is 0 Å². The van der Waals surface area contributed by atoms with Crippen LogP contribution < -0.4 is 19.1 Å². The van der Waals surface area contributed by atoms with Crippen molar-refractivity contribution in [2.24, 2.45) is 0 Å². The first kappa shape index (κ1) is 21.0. The van der Waals surface area contributed by atoms with Crippen molar-refractivity contribution in [1.29, 1.82) is 0 Å². The average Bonchev–Trinajstić information content (AvgIpc) is 2.61. The Kier molecular flexibility index (Phi) is 7.46. The van der Waals surface area contributed by atoms with E-state index in [1.807, 2.05) is 0 Å². The molecule has 0 aliphatic rings. The van der Waals surface area contributed by atoms with Crippen molar-refractivity contribution in [3.8, 4) is 11.5 Å². The second-order valence-corrected chi connectivity index (χ2v) is 8.06. The van der Waals surface area contributed by atoms with Gasteiger partial charge in [0.2, 0.25) is 0 Å². The van der Waals surface area contributed by atoms with Crippen molar-refractivity contribution < 1.29 is 27.0 Å². The van der Waals surface area contributed by atoms with Gasteiger partial charge < -0.3 is 19.1 Å². The predicted molar refractivity (Wildman–Crippen MR) is 104 cm³/mol. The maximum atomic E-state index is 12.2. The predicted octanol–water partition coefficient (Wildman–Crippen LogP) is 1.21. The van der Waals surface area contributed by atoms with Gasteiger partial charge in [-0.3, -0.25) is 4.79 Å². The van der Waals surface area contributed by atoms with Crippen molar-refractivity contribution in [2.75, 3.05) is 38.3 Å². The molecular weight excluding hydrogens is 392 g/mol. The Hall–Kier alpha value is -2.29. The summed E-state index contributed by atoms with van der Waals surface area (Å²) in [7, 11) is -0.508. The lowest BCUT2D eigenvalue weighted by Gasteiger charge is -2.15. The number of hydrogen-bond donors (Lipinski definition) is 2. The molecule has 1 amide bonds. The molecule has 0 aromatic heterocycles. The number of methoxy groups -OCH3 is 1. The molecular formula is C18H22ClN2O5S+. The smallest absolute Gasteiger partial charge is 0.314 e. The first-order valence-electron chi connectivity index (χ1n) is 8.21. The minimum absolute atomic E-state index is 0.0799. The number of hydrogen-bond acceptors (Lipinski definition) is 5. The van der Waals surface area contributed by atoms with Crippen LogP contribution >= 0.6 is 11.6 Å². The highest BCUT2D eigenvalue weighted by Crippen LogP contribution is 2.27. The van der Waals surface area contributed by atoms with Gasteiger partial charge in [0.1, 0.15) is 17.3 Å². The number of rotatable bonds is 9. The minimum atomic E-state index is -3.73. The van der Waals surface area contributed by atoms with E-state index in [0.29, 0.717) is 21.4 Å². The Morgan fingerprint density at radius 1 is 1.19 bits per heavy atom. The Balaban J connectivity index is 1.85. The van der Waals surface area contributed by atoms with Gasteiger partial charge in [-0.05, 0) is 30.3 Å². The third-order valence-corrected chi connectivity index (χ3v) is 5.03. The molecule has 0 radical (unpaired) electrons. The summed E-state index contributed by atoms with van der Waals surface area (Å²) >= 11 is 5.94. The Morgan fingerprint density at radius 3 is 2.56 bits per heavy atom. The van der Waals surface area contributed by atoms with Gasteiger partial charge in [0.05, 0.1) is 26.4 Å². The SMILES string of the molecule is COc1ccc(Cl)cc1NC(=O)C[NH+](C)CCS(=O)(=O)Oc1ccccc1. The first-order chi connectivity index (χ1) is 12.8. The third kappa shape index (κ3) is 7.09. The van der Waals surface area contributed by atoms with Crippen LogP contribution in [0.5, 0.6) is 11.5 Å². The van der Waals surface area contributed by atoms with E-state index in [0.717, 1.165) is 0 Å². The molecule has 9 heteroatoms. The molecule has 0 heterocycles. The summed E-state index contributed by atoms with van der Waals surface area (Å²) < 4.78 is 34.3. The zero-order chi connectivity index (χ0) is 19.9. The van der Waals surface area contributed by atoms with E-state index in [1.54, 1.807) is 55.6 Å². The highest BCUT2D eigenvalue weighted by molar-refractivity contribution is 7.87. The Morgan fingerprint density at radius 2 is 1.89 bits per heavy atom. The summed E-state index contributed by atoms with van der Waals surface area (Å²) in [5.74, 6) is 0.265. The highest BCUT2D eigenvalue weighted by Gasteiger charge is 2.18. The van der Waals surface area contributed by atoms with Crippen LogP contribution in [0.15, 0.2) is 48.5 Å². The van der Waals surface area contributed by atoms with Gasteiger partial charge in [-0.2, -0.15) is 8.42 Å². The van der Waals surface area contributed by atoms with Crippen LogP contribution in [-0.2, 0) is 14.9 Å². The second-order valence-electron chi connectivity index (χ2n) is 5.93. The fourth-order valence-electron chi connectivity index (χ4n) is 2.30. The van der Waals surface area contributed by atoms with Crippen LogP contribution in [-0.4, -0.2) is 47.3 Å². The summed E-state index contributed by atoms with van der Waals surface area (Å²) in [6.07, 6.45) is 0. The topological polar surface area (TPSA) is 86.1 Å². The van der Waals surface area contributed by atoms with E-state index in [2.05, 4.69) is 5.32 Å². The molecule has 0 bridgehead atoms. The monoisotopic (exact) mass is 413 g/mol. The van der Waals surface area contributed by atoms with Crippen molar-refractivity contribution in [2.45, 2.75) is 0 Å². The lowest BCUT2D eigenvalue weighted by molar-refractivity contribution is -0.868. The fraction of sp³-hybridized carbons (Fsp3) is 0.278. The Bertz CT molecular complexity index is 875. The molecule has 146 valence electrons. The number of amides is 1. The molecule has 2 rings (SSSR count). The molecule has 0 saturated carbocycles. The molecule has 7 nitrogen and oxygen atoms in total. The summed E-state index contributed by atoms with van der Waals surface area (Å²) in [4.78, 5) is 12.9. The van der Waals surface area contributed by atoms with E-state index in [9.17, 15) is 13.2 Å². The number of quaternary nitrogens is 1. The number of anilines is 1. The molecule has 2 N–H and O–H groups in total. The normalized spacial score (nSPS) is 12.3. The molecule has 1 atom stereocenters. The number of benzene rings is 2. The summed E-state index contributed by atoms with van der Waals surface area (Å²) in [6, 6.07) is 13.2. The number of ether oxygens (including phenoxy) is 1. The van der Waals surface area contributed by atoms with Gasteiger partial charge in [0.15, 0.2) is 6.54 Å². The standard InChI is InChI=1S/C18H21ClN2O5S/c1-21(10-11-27(23,24)26-15-6-4-3-5-7-15)13-18(22)20-16-12-14(19)8-9-17(16)25-2/h3-9,12H,10-11,13H2,1-2H3,(H,20,22)/p+1. The van der Waals surface area contributed by atoms with Gasteiger partial charge in [-0.1, -0.05) is 29.8 Å². The lowest BCUT2D eigenvalue weighted by atomic mass is 10.3. The summed E-state index contributed by atoms with van der Waals surface area (Å²) in [6.45, 7) is 0.297. The zero-order valence-electron chi connectivity index (χ0n) is 15.1. The molecule has 0 aliphatic heterocycles. The van der Waals surface area contributed by atoms with Gasteiger partial charge in [0, 0.05) is 5.02 Å². The number of carbonyl (C=O) groups excluding carboxylic acids is 1. The minimum Gasteiger partial charge on any atom is -0.495 e. The molecule has 0 saturated heterocycles. The Labute approximate surface area is 164 Å². The fourth-order valence-corrected chi connectivity index (χ4v) is 3.56. The van der Waals surface area contributed by atoms with E-state index >= 15 is 0 Å². The molecule has 27 heavy (non-hydrogen) atoms. The van der Waals surface area contributed by atoms with E-state index in [4.69, 9.17) is 20.5 Å². The first-order valence-corrected chi connectivity index (χ1v) is 10.2. The quantitative estimate of drug-likeness (QED) is 0.603. The second kappa shape index (κ2) is 9.59. The maximum Gasteiger partial charge on any atom is 0.314 e. The summed E-state index contributed by atoms with van der Waals surface area (Å²) in [5, 5.41) is 3.19. The third-order valence-electron chi connectivity index (χ3n) is 3.64.